The van der Waals surface area contributed by atoms with Crippen molar-refractivity contribution in [3.05, 3.63) is 16.1 Å². The third-order valence-corrected chi connectivity index (χ3v) is 2.42. The number of halogens is 2. The number of nitrogens with zero attached hydrogens (tertiary/aromatic N) is 1. The number of ether oxygens (including phenoxy) is 2. The summed E-state index contributed by atoms with van der Waals surface area (Å²) in [7, 11) is 3.38. The molecule has 16 heavy (non-hydrogen) atoms. The van der Waals surface area contributed by atoms with Crippen LogP contribution in [0.3, 0.4) is 0 Å². The zero-order chi connectivity index (χ0) is 12.0. The van der Waals surface area contributed by atoms with E-state index in [2.05, 4.69) is 10.3 Å². The van der Waals surface area contributed by atoms with Gasteiger partial charge in [-0.15, -0.1) is 0 Å². The van der Waals surface area contributed by atoms with Crippen molar-refractivity contribution in [3.63, 3.8) is 0 Å². The minimum atomic E-state index is 0.381. The SMILES string of the molecule is CNc1nc(OCCCOC)c(Cl)cc1Cl. The molecular weight excluding hydrogens is 251 g/mol. The third-order valence-electron chi connectivity index (χ3n) is 1.87. The highest BCUT2D eigenvalue weighted by Crippen LogP contribution is 2.30. The molecule has 0 aliphatic rings. The highest BCUT2D eigenvalue weighted by atomic mass is 35.5. The lowest BCUT2D eigenvalue weighted by molar-refractivity contribution is 0.170. The molecule has 0 amide bonds. The van der Waals surface area contributed by atoms with E-state index in [0.717, 1.165) is 6.42 Å². The first kappa shape index (κ1) is 13.4. The molecule has 0 bridgehead atoms. The lowest BCUT2D eigenvalue weighted by atomic mass is 10.4. The Kier molecular flexibility index (Phi) is 5.66. The molecule has 90 valence electrons. The van der Waals surface area contributed by atoms with Crippen LogP contribution in [0.15, 0.2) is 6.07 Å². The Morgan fingerprint density at radius 2 is 2.06 bits per heavy atom. The predicted molar refractivity (Wildman–Crippen MR) is 65.8 cm³/mol. The molecule has 0 radical (unpaired) electrons. The molecule has 0 saturated heterocycles. The van der Waals surface area contributed by atoms with Crippen molar-refractivity contribution >= 4 is 29.0 Å². The highest BCUT2D eigenvalue weighted by Gasteiger charge is 2.09. The van der Waals surface area contributed by atoms with Crippen LogP contribution in [0.4, 0.5) is 5.82 Å². The highest BCUT2D eigenvalue weighted by molar-refractivity contribution is 6.36. The second kappa shape index (κ2) is 6.78. The molecule has 6 heteroatoms. The Labute approximate surface area is 105 Å². The minimum Gasteiger partial charge on any atom is -0.476 e. The van der Waals surface area contributed by atoms with Gasteiger partial charge in [-0.05, 0) is 6.07 Å². The first-order chi connectivity index (χ1) is 7.69. The van der Waals surface area contributed by atoms with Crippen LogP contribution in [0.25, 0.3) is 0 Å². The van der Waals surface area contributed by atoms with Gasteiger partial charge in [-0.3, -0.25) is 0 Å². The van der Waals surface area contributed by atoms with Crippen molar-refractivity contribution in [2.75, 3.05) is 32.7 Å². The van der Waals surface area contributed by atoms with E-state index >= 15 is 0 Å². The van der Waals surface area contributed by atoms with Crippen molar-refractivity contribution in [2.24, 2.45) is 0 Å². The molecule has 0 aliphatic carbocycles. The van der Waals surface area contributed by atoms with Crippen LogP contribution in [0, 0.1) is 0 Å². The second-order valence-electron chi connectivity index (χ2n) is 3.05. The quantitative estimate of drug-likeness (QED) is 0.803. The van der Waals surface area contributed by atoms with E-state index in [0.29, 0.717) is 35.0 Å². The van der Waals surface area contributed by atoms with Gasteiger partial charge in [0.15, 0.2) is 0 Å². The van der Waals surface area contributed by atoms with Gasteiger partial charge in [0.1, 0.15) is 10.8 Å². The summed E-state index contributed by atoms with van der Waals surface area (Å²) < 4.78 is 10.3. The van der Waals surface area contributed by atoms with Crippen molar-refractivity contribution in [2.45, 2.75) is 6.42 Å². The molecule has 0 aliphatic heterocycles. The van der Waals surface area contributed by atoms with Gasteiger partial charge in [0.25, 0.3) is 0 Å². The van der Waals surface area contributed by atoms with Gasteiger partial charge < -0.3 is 14.8 Å². The number of pyridine rings is 1. The predicted octanol–water partition coefficient (Wildman–Crippen LogP) is 2.85. The van der Waals surface area contributed by atoms with Crippen LogP contribution >= 0.6 is 23.2 Å². The molecule has 0 unspecified atom stereocenters. The minimum absolute atomic E-state index is 0.381. The van der Waals surface area contributed by atoms with E-state index in [4.69, 9.17) is 32.7 Å². The van der Waals surface area contributed by atoms with Gasteiger partial charge in [-0.1, -0.05) is 23.2 Å². The molecule has 1 aromatic heterocycles. The number of hydrogen-bond acceptors (Lipinski definition) is 4. The maximum atomic E-state index is 5.94. The number of anilines is 1. The van der Waals surface area contributed by atoms with E-state index < -0.39 is 0 Å². The van der Waals surface area contributed by atoms with E-state index in [-0.39, 0.29) is 0 Å². The fourth-order valence-corrected chi connectivity index (χ4v) is 1.61. The molecule has 0 atom stereocenters. The number of hydrogen-bond donors (Lipinski definition) is 1. The maximum Gasteiger partial charge on any atom is 0.234 e. The Bertz CT molecular complexity index is 348. The van der Waals surface area contributed by atoms with Gasteiger partial charge in [-0.2, -0.15) is 4.98 Å². The summed E-state index contributed by atoms with van der Waals surface area (Å²) in [6, 6.07) is 1.60. The number of rotatable bonds is 6. The van der Waals surface area contributed by atoms with Crippen LogP contribution in [-0.4, -0.2) is 32.4 Å². The zero-order valence-corrected chi connectivity index (χ0v) is 10.7. The van der Waals surface area contributed by atoms with Crippen molar-refractivity contribution in [3.8, 4) is 5.88 Å². The van der Waals surface area contributed by atoms with Crippen LogP contribution in [0.2, 0.25) is 10.0 Å². The molecule has 1 N–H and O–H groups in total. The molecule has 1 aromatic rings. The molecule has 0 saturated carbocycles. The summed E-state index contributed by atoms with van der Waals surface area (Å²) in [5.41, 5.74) is 0. The van der Waals surface area contributed by atoms with Gasteiger partial charge in [0, 0.05) is 27.2 Å². The van der Waals surface area contributed by atoms with Gasteiger partial charge in [0.2, 0.25) is 5.88 Å². The summed E-state index contributed by atoms with van der Waals surface area (Å²) in [4.78, 5) is 4.15. The van der Waals surface area contributed by atoms with Gasteiger partial charge >= 0.3 is 0 Å². The second-order valence-corrected chi connectivity index (χ2v) is 3.86. The standard InChI is InChI=1S/C10H14Cl2N2O2/c1-13-9-7(11)6-8(12)10(14-9)16-5-3-4-15-2/h6H,3-5H2,1-2H3,(H,13,14). The first-order valence-electron chi connectivity index (χ1n) is 4.84. The number of aromatic nitrogens is 1. The van der Waals surface area contributed by atoms with Crippen LogP contribution < -0.4 is 10.1 Å². The normalized spacial score (nSPS) is 10.2. The summed E-state index contributed by atoms with van der Waals surface area (Å²) in [5, 5.41) is 3.73. The van der Waals surface area contributed by atoms with Crippen LogP contribution in [-0.2, 0) is 4.74 Å². The van der Waals surface area contributed by atoms with Crippen LogP contribution in [0.1, 0.15) is 6.42 Å². The van der Waals surface area contributed by atoms with E-state index in [9.17, 15) is 0 Å². The maximum absolute atomic E-state index is 5.94. The van der Waals surface area contributed by atoms with Crippen LogP contribution in [0.5, 0.6) is 5.88 Å². The number of nitrogens with one attached hydrogen (secondary N) is 1. The molecule has 1 rings (SSSR count). The fourth-order valence-electron chi connectivity index (χ4n) is 1.10. The van der Waals surface area contributed by atoms with Crippen molar-refractivity contribution in [1.29, 1.82) is 0 Å². The zero-order valence-electron chi connectivity index (χ0n) is 9.22. The largest absolute Gasteiger partial charge is 0.476 e. The Morgan fingerprint density at radius 1 is 1.31 bits per heavy atom. The Morgan fingerprint density at radius 3 is 2.69 bits per heavy atom. The average Bonchev–Trinajstić information content (AvgIpc) is 2.27. The number of methoxy groups -OCH3 is 1. The lowest BCUT2D eigenvalue weighted by Gasteiger charge is -2.09. The summed E-state index contributed by atoms with van der Waals surface area (Å²) in [5.74, 6) is 0.930. The first-order valence-corrected chi connectivity index (χ1v) is 5.60. The average molecular weight is 265 g/mol. The monoisotopic (exact) mass is 264 g/mol. The van der Waals surface area contributed by atoms with Gasteiger partial charge in [-0.25, -0.2) is 0 Å². The topological polar surface area (TPSA) is 43.4 Å². The molecule has 1 heterocycles. The van der Waals surface area contributed by atoms with Crippen molar-refractivity contribution in [1.82, 2.24) is 4.98 Å². The van der Waals surface area contributed by atoms with E-state index in [1.165, 1.54) is 0 Å². The summed E-state index contributed by atoms with van der Waals surface area (Å²) >= 11 is 11.8. The van der Waals surface area contributed by atoms with E-state index in [1.54, 1.807) is 20.2 Å². The molecule has 0 aromatic carbocycles. The third kappa shape index (κ3) is 3.70. The summed E-state index contributed by atoms with van der Waals surface area (Å²) in [6.07, 6.45) is 0.784. The molecular formula is C10H14Cl2N2O2. The molecule has 0 fully saturated rings. The Hall–Kier alpha value is -0.710. The van der Waals surface area contributed by atoms with E-state index in [1.807, 2.05) is 0 Å². The Balaban J connectivity index is 2.64. The van der Waals surface area contributed by atoms with Crippen molar-refractivity contribution < 1.29 is 9.47 Å². The summed E-state index contributed by atoms with van der Waals surface area (Å²) in [6.45, 7) is 1.15. The lowest BCUT2D eigenvalue weighted by Crippen LogP contribution is -2.04. The smallest absolute Gasteiger partial charge is 0.234 e. The molecule has 4 nitrogen and oxygen atoms in total. The molecule has 0 spiro atoms. The fraction of sp³-hybridized carbons (Fsp3) is 0.500. The van der Waals surface area contributed by atoms with Gasteiger partial charge in [0.05, 0.1) is 11.6 Å².